The number of sulfonamides is 1. The van der Waals surface area contributed by atoms with E-state index in [-0.39, 0.29) is 17.5 Å². The summed E-state index contributed by atoms with van der Waals surface area (Å²) in [6.07, 6.45) is 0. The second-order valence-electron chi connectivity index (χ2n) is 8.47. The Hall–Kier alpha value is -3.95. The Morgan fingerprint density at radius 2 is 1.69 bits per heavy atom. The molecule has 0 fully saturated rings. The predicted octanol–water partition coefficient (Wildman–Crippen LogP) is 4.74. The number of benzene rings is 3. The molecule has 0 saturated heterocycles. The number of H-pyrrole nitrogens is 1. The van der Waals surface area contributed by atoms with Crippen molar-refractivity contribution in [3.8, 4) is 17.0 Å². The van der Waals surface area contributed by atoms with Crippen molar-refractivity contribution in [1.82, 2.24) is 14.7 Å². The third-order valence-corrected chi connectivity index (χ3v) is 7.23. The lowest BCUT2D eigenvalue weighted by Gasteiger charge is -2.11. The minimum absolute atomic E-state index is 0.0241. The van der Waals surface area contributed by atoms with Gasteiger partial charge in [0.05, 0.1) is 12.8 Å². The van der Waals surface area contributed by atoms with Gasteiger partial charge in [-0.25, -0.2) is 18.1 Å². The zero-order valence-corrected chi connectivity index (χ0v) is 21.4. The average Bonchev–Trinajstić information content (AvgIpc) is 3.28. The van der Waals surface area contributed by atoms with Crippen LogP contribution in [0.2, 0.25) is 0 Å². The van der Waals surface area contributed by atoms with Crippen LogP contribution in [0, 0.1) is 20.8 Å². The number of aryl methyl sites for hydroxylation is 3. The average molecular weight is 505 g/mol. The molecule has 8 nitrogen and oxygen atoms in total. The van der Waals surface area contributed by atoms with Gasteiger partial charge in [0.25, 0.3) is 15.9 Å². The summed E-state index contributed by atoms with van der Waals surface area (Å²) in [4.78, 5) is 19.9. The Morgan fingerprint density at radius 3 is 2.39 bits per heavy atom. The molecule has 1 aromatic heterocycles. The molecule has 0 atom stereocenters. The molecule has 0 radical (unpaired) electrons. The normalized spacial score (nSPS) is 11.3. The van der Waals surface area contributed by atoms with Gasteiger partial charge in [-0.3, -0.25) is 4.79 Å². The number of nitrogens with one attached hydrogen (secondary N) is 3. The first kappa shape index (κ1) is 25.2. The largest absolute Gasteiger partial charge is 0.495 e. The number of para-hydroxylation sites is 2. The Bertz CT molecular complexity index is 1510. The second-order valence-corrected chi connectivity index (χ2v) is 10.2. The van der Waals surface area contributed by atoms with E-state index in [2.05, 4.69) is 20.0 Å². The minimum atomic E-state index is -3.88. The molecular weight excluding hydrogens is 476 g/mol. The minimum Gasteiger partial charge on any atom is -0.495 e. The molecule has 0 spiro atoms. The zero-order valence-electron chi connectivity index (χ0n) is 20.5. The summed E-state index contributed by atoms with van der Waals surface area (Å²) < 4.78 is 34.2. The van der Waals surface area contributed by atoms with Gasteiger partial charge in [0, 0.05) is 17.7 Å². The van der Waals surface area contributed by atoms with E-state index in [9.17, 15) is 13.2 Å². The van der Waals surface area contributed by atoms with Gasteiger partial charge in [0.1, 0.15) is 17.3 Å². The van der Waals surface area contributed by atoms with E-state index in [1.54, 1.807) is 49.4 Å². The van der Waals surface area contributed by atoms with Crippen LogP contribution in [-0.4, -0.2) is 31.4 Å². The third-order valence-electron chi connectivity index (χ3n) is 5.88. The van der Waals surface area contributed by atoms with Crippen LogP contribution in [0.25, 0.3) is 11.3 Å². The number of aromatic amines is 1. The van der Waals surface area contributed by atoms with Crippen molar-refractivity contribution < 1.29 is 17.9 Å². The van der Waals surface area contributed by atoms with Crippen LogP contribution >= 0.6 is 0 Å². The van der Waals surface area contributed by atoms with E-state index < -0.39 is 10.0 Å². The quantitative estimate of drug-likeness (QED) is 0.321. The van der Waals surface area contributed by atoms with Gasteiger partial charge in [0.2, 0.25) is 0 Å². The molecule has 186 valence electrons. The number of hydrogen-bond donors (Lipinski definition) is 3. The van der Waals surface area contributed by atoms with E-state index in [0.29, 0.717) is 34.1 Å². The Morgan fingerprint density at radius 1 is 0.972 bits per heavy atom. The highest BCUT2D eigenvalue weighted by Gasteiger charge is 2.23. The standard InChI is InChI=1S/C27H28N4O4S/c1-17-9-12-22(15-18(17)2)25-27(30-19(3)29-25)36(33,34)28-16-20-10-13-21(14-11-20)26(32)31-23-7-5-6-8-24(23)35-4/h5-15,28H,16H2,1-4H3,(H,29,30)(H,31,32). The summed E-state index contributed by atoms with van der Waals surface area (Å²) in [5.41, 5.74) is 4.99. The molecule has 0 unspecified atom stereocenters. The molecule has 3 N–H and O–H groups in total. The lowest BCUT2D eigenvalue weighted by Crippen LogP contribution is -2.24. The van der Waals surface area contributed by atoms with Gasteiger partial charge in [0.15, 0.2) is 5.03 Å². The van der Waals surface area contributed by atoms with Gasteiger partial charge in [-0.15, -0.1) is 0 Å². The molecule has 9 heteroatoms. The lowest BCUT2D eigenvalue weighted by molar-refractivity contribution is 0.102. The van der Waals surface area contributed by atoms with Crippen LogP contribution in [0.15, 0.2) is 71.8 Å². The maximum Gasteiger partial charge on any atom is 0.258 e. The van der Waals surface area contributed by atoms with Crippen LogP contribution in [0.4, 0.5) is 5.69 Å². The number of carbonyl (C=O) groups is 1. The molecule has 0 saturated carbocycles. The Labute approximate surface area is 210 Å². The number of ether oxygens (including phenoxy) is 1. The van der Waals surface area contributed by atoms with Crippen LogP contribution in [0.3, 0.4) is 0 Å². The maximum atomic E-state index is 13.1. The topological polar surface area (TPSA) is 113 Å². The molecule has 4 rings (SSSR count). The fraction of sp³-hybridized carbons (Fsp3) is 0.185. The second kappa shape index (κ2) is 10.3. The fourth-order valence-electron chi connectivity index (χ4n) is 3.72. The molecule has 1 heterocycles. The Kier molecular flexibility index (Phi) is 7.23. The molecule has 0 bridgehead atoms. The fourth-order valence-corrected chi connectivity index (χ4v) is 4.92. The van der Waals surface area contributed by atoms with Crippen molar-refractivity contribution in [3.05, 3.63) is 94.8 Å². The number of carbonyl (C=O) groups excluding carboxylic acids is 1. The molecule has 3 aromatic carbocycles. The van der Waals surface area contributed by atoms with Crippen LogP contribution in [0.1, 0.15) is 32.9 Å². The van der Waals surface area contributed by atoms with E-state index in [4.69, 9.17) is 4.74 Å². The lowest BCUT2D eigenvalue weighted by atomic mass is 10.0. The SMILES string of the molecule is COc1ccccc1NC(=O)c1ccc(CNS(=O)(=O)c2[nH]c(C)nc2-c2ccc(C)c(C)c2)cc1. The van der Waals surface area contributed by atoms with Gasteiger partial charge >= 0.3 is 0 Å². The van der Waals surface area contributed by atoms with Gasteiger partial charge < -0.3 is 15.0 Å². The van der Waals surface area contributed by atoms with Crippen molar-refractivity contribution in [2.45, 2.75) is 32.3 Å². The van der Waals surface area contributed by atoms with Crippen molar-refractivity contribution in [1.29, 1.82) is 0 Å². The molecule has 36 heavy (non-hydrogen) atoms. The highest BCUT2D eigenvalue weighted by molar-refractivity contribution is 7.89. The zero-order chi connectivity index (χ0) is 25.9. The summed E-state index contributed by atoms with van der Waals surface area (Å²) in [6.45, 7) is 5.76. The summed E-state index contributed by atoms with van der Waals surface area (Å²) in [5, 5.41) is 2.84. The van der Waals surface area contributed by atoms with Crippen molar-refractivity contribution >= 4 is 21.6 Å². The molecule has 1 amide bonds. The monoisotopic (exact) mass is 504 g/mol. The van der Waals surface area contributed by atoms with E-state index in [0.717, 1.165) is 16.7 Å². The van der Waals surface area contributed by atoms with Gasteiger partial charge in [-0.1, -0.05) is 36.4 Å². The number of imidazole rings is 1. The first-order valence-electron chi connectivity index (χ1n) is 11.3. The van der Waals surface area contributed by atoms with Gasteiger partial charge in [-0.2, -0.15) is 0 Å². The first-order valence-corrected chi connectivity index (χ1v) is 12.8. The van der Waals surface area contributed by atoms with Crippen LogP contribution < -0.4 is 14.8 Å². The van der Waals surface area contributed by atoms with Crippen LogP contribution in [-0.2, 0) is 16.6 Å². The highest BCUT2D eigenvalue weighted by atomic mass is 32.2. The number of amides is 1. The molecule has 0 aliphatic carbocycles. The molecule has 0 aliphatic heterocycles. The van der Waals surface area contributed by atoms with Crippen molar-refractivity contribution in [2.24, 2.45) is 0 Å². The first-order chi connectivity index (χ1) is 17.2. The molecule has 0 aliphatic rings. The van der Waals surface area contributed by atoms with E-state index >= 15 is 0 Å². The van der Waals surface area contributed by atoms with Gasteiger partial charge in [-0.05, 0) is 67.8 Å². The summed E-state index contributed by atoms with van der Waals surface area (Å²) >= 11 is 0. The van der Waals surface area contributed by atoms with Crippen molar-refractivity contribution in [3.63, 3.8) is 0 Å². The van der Waals surface area contributed by atoms with Crippen molar-refractivity contribution in [2.75, 3.05) is 12.4 Å². The van der Waals surface area contributed by atoms with Crippen LogP contribution in [0.5, 0.6) is 5.75 Å². The van der Waals surface area contributed by atoms with E-state index in [1.807, 2.05) is 38.1 Å². The number of rotatable bonds is 8. The predicted molar refractivity (Wildman–Crippen MR) is 140 cm³/mol. The Balaban J connectivity index is 1.47. The number of hydrogen-bond acceptors (Lipinski definition) is 5. The highest BCUT2D eigenvalue weighted by Crippen LogP contribution is 2.27. The smallest absolute Gasteiger partial charge is 0.258 e. The summed E-state index contributed by atoms with van der Waals surface area (Å²) in [7, 11) is -2.34. The summed E-state index contributed by atoms with van der Waals surface area (Å²) in [6, 6.07) is 19.6. The molecular formula is C27H28N4O4S. The third kappa shape index (κ3) is 5.48. The van der Waals surface area contributed by atoms with E-state index in [1.165, 1.54) is 7.11 Å². The summed E-state index contributed by atoms with van der Waals surface area (Å²) in [5.74, 6) is 0.776. The molecule has 4 aromatic rings. The number of anilines is 1. The number of aromatic nitrogens is 2. The number of methoxy groups -OCH3 is 1. The maximum absolute atomic E-state index is 13.1. The number of nitrogens with zero attached hydrogens (tertiary/aromatic N) is 1.